The predicted molar refractivity (Wildman–Crippen MR) is 66.4 cm³/mol. The van der Waals surface area contributed by atoms with Crippen molar-refractivity contribution in [3.05, 3.63) is 23.7 Å². The Hall–Kier alpha value is -1.98. The van der Waals surface area contributed by atoms with Crippen molar-refractivity contribution < 1.29 is 13.9 Å². The third-order valence-corrected chi connectivity index (χ3v) is 2.74. The lowest BCUT2D eigenvalue weighted by atomic mass is 10.3. The van der Waals surface area contributed by atoms with E-state index in [4.69, 9.17) is 4.42 Å². The topological polar surface area (TPSA) is 67.1 Å². The second kappa shape index (κ2) is 5.57. The molecule has 0 radical (unpaired) electrons. The number of carbonyl (C=O) groups excluding carboxylic acids is 1. The number of esters is 1. The van der Waals surface area contributed by atoms with Crippen LogP contribution in [0.3, 0.4) is 0 Å². The summed E-state index contributed by atoms with van der Waals surface area (Å²) in [6.45, 7) is 2.34. The number of carbonyl (C=O) groups is 1. The molecule has 6 nitrogen and oxygen atoms in total. The molecule has 1 aliphatic rings. The number of hydrogen-bond donors (Lipinski definition) is 1. The minimum absolute atomic E-state index is 0.216. The molecule has 1 aliphatic heterocycles. The molecular formula is C12H17N3O3. The fourth-order valence-electron chi connectivity index (χ4n) is 1.76. The van der Waals surface area contributed by atoms with E-state index in [1.54, 1.807) is 12.1 Å². The van der Waals surface area contributed by atoms with Crippen molar-refractivity contribution in [3.63, 3.8) is 0 Å². The first-order chi connectivity index (χ1) is 8.70. The van der Waals surface area contributed by atoms with Gasteiger partial charge < -0.3 is 19.4 Å². The highest BCUT2D eigenvalue weighted by Crippen LogP contribution is 2.09. The van der Waals surface area contributed by atoms with Crippen LogP contribution in [0, 0.1) is 0 Å². The van der Waals surface area contributed by atoms with Gasteiger partial charge in [-0.25, -0.2) is 4.79 Å². The summed E-state index contributed by atoms with van der Waals surface area (Å²) in [7, 11) is 3.32. The third-order valence-electron chi connectivity index (χ3n) is 2.74. The number of furan rings is 1. The largest absolute Gasteiger partial charge is 0.463 e. The molecule has 0 amide bonds. The Kier molecular flexibility index (Phi) is 3.86. The Bertz CT molecular complexity index is 453. The van der Waals surface area contributed by atoms with Crippen molar-refractivity contribution in [2.24, 2.45) is 4.99 Å². The number of ether oxygens (including phenoxy) is 1. The van der Waals surface area contributed by atoms with E-state index in [9.17, 15) is 4.79 Å². The normalized spacial score (nSPS) is 15.2. The molecule has 0 fully saturated rings. The van der Waals surface area contributed by atoms with Gasteiger partial charge in [0, 0.05) is 20.1 Å². The standard InChI is InChI=1S/C12H17N3O3/c1-15-7-3-6-13-12(15)14-8-9-4-5-10(18-9)11(16)17-2/h4-5H,3,6-8H2,1-2H3,(H,13,14). The minimum atomic E-state index is -0.464. The monoisotopic (exact) mass is 251 g/mol. The molecule has 0 aliphatic carbocycles. The molecule has 2 heterocycles. The first-order valence-electron chi connectivity index (χ1n) is 5.87. The molecule has 0 bridgehead atoms. The molecule has 18 heavy (non-hydrogen) atoms. The summed E-state index contributed by atoms with van der Waals surface area (Å²) in [5, 5.41) is 3.19. The highest BCUT2D eigenvalue weighted by Gasteiger charge is 2.13. The summed E-state index contributed by atoms with van der Waals surface area (Å²) in [6, 6.07) is 3.36. The van der Waals surface area contributed by atoms with Gasteiger partial charge in [-0.2, -0.15) is 0 Å². The van der Waals surface area contributed by atoms with Crippen molar-refractivity contribution in [2.45, 2.75) is 13.0 Å². The predicted octanol–water partition coefficient (Wildman–Crippen LogP) is 0.847. The summed E-state index contributed by atoms with van der Waals surface area (Å²) in [4.78, 5) is 17.7. The van der Waals surface area contributed by atoms with Crippen LogP contribution in [-0.2, 0) is 11.3 Å². The van der Waals surface area contributed by atoms with E-state index in [1.165, 1.54) is 7.11 Å². The lowest BCUT2D eigenvalue weighted by Crippen LogP contribution is -2.41. The summed E-state index contributed by atoms with van der Waals surface area (Å²) in [5.74, 6) is 1.29. The zero-order valence-electron chi connectivity index (χ0n) is 10.6. The van der Waals surface area contributed by atoms with Crippen LogP contribution in [0.1, 0.15) is 22.7 Å². The third kappa shape index (κ3) is 2.82. The van der Waals surface area contributed by atoms with Gasteiger partial charge in [0.1, 0.15) is 5.76 Å². The summed E-state index contributed by atoms with van der Waals surface area (Å²) >= 11 is 0. The van der Waals surface area contributed by atoms with Gasteiger partial charge in [0.25, 0.3) is 0 Å². The molecule has 6 heteroatoms. The molecule has 0 saturated carbocycles. The molecule has 1 aromatic heterocycles. The van der Waals surface area contributed by atoms with E-state index >= 15 is 0 Å². The van der Waals surface area contributed by atoms with Crippen molar-refractivity contribution in [1.29, 1.82) is 0 Å². The van der Waals surface area contributed by atoms with Crippen LogP contribution in [-0.4, -0.2) is 44.1 Å². The van der Waals surface area contributed by atoms with Crippen LogP contribution in [0.4, 0.5) is 0 Å². The molecule has 98 valence electrons. The lowest BCUT2D eigenvalue weighted by Gasteiger charge is -2.25. The Labute approximate surface area is 106 Å². The Balaban J connectivity index is 1.92. The van der Waals surface area contributed by atoms with Crippen molar-refractivity contribution in [2.75, 3.05) is 27.2 Å². The van der Waals surface area contributed by atoms with Gasteiger partial charge in [-0.05, 0) is 18.6 Å². The average molecular weight is 251 g/mol. The van der Waals surface area contributed by atoms with Crippen LogP contribution < -0.4 is 5.32 Å². The molecule has 1 N–H and O–H groups in total. The van der Waals surface area contributed by atoms with Crippen molar-refractivity contribution in [1.82, 2.24) is 10.2 Å². The molecule has 0 saturated heterocycles. The second-order valence-corrected chi connectivity index (χ2v) is 4.09. The van der Waals surface area contributed by atoms with Gasteiger partial charge in [-0.15, -0.1) is 0 Å². The van der Waals surface area contributed by atoms with Crippen LogP contribution in [0.15, 0.2) is 21.5 Å². The average Bonchev–Trinajstić information content (AvgIpc) is 2.86. The van der Waals surface area contributed by atoms with Crippen molar-refractivity contribution >= 4 is 11.9 Å². The van der Waals surface area contributed by atoms with Crippen LogP contribution >= 0.6 is 0 Å². The van der Waals surface area contributed by atoms with Gasteiger partial charge in [0.15, 0.2) is 5.96 Å². The van der Waals surface area contributed by atoms with E-state index in [1.807, 2.05) is 7.05 Å². The molecular weight excluding hydrogens is 234 g/mol. The first-order valence-corrected chi connectivity index (χ1v) is 5.87. The van der Waals surface area contributed by atoms with E-state index < -0.39 is 5.97 Å². The van der Waals surface area contributed by atoms with E-state index in [0.717, 1.165) is 25.5 Å². The lowest BCUT2D eigenvalue weighted by molar-refractivity contribution is 0.0563. The number of hydrogen-bond acceptors (Lipinski definition) is 6. The number of rotatable bonds is 3. The molecule has 0 aromatic carbocycles. The van der Waals surface area contributed by atoms with Crippen LogP contribution in [0.5, 0.6) is 0 Å². The highest BCUT2D eigenvalue weighted by atomic mass is 16.5. The molecule has 1 aromatic rings. The smallest absolute Gasteiger partial charge is 0.373 e. The zero-order chi connectivity index (χ0) is 13.0. The zero-order valence-corrected chi connectivity index (χ0v) is 10.6. The highest BCUT2D eigenvalue weighted by molar-refractivity contribution is 5.86. The number of nitrogens with zero attached hydrogens (tertiary/aromatic N) is 2. The van der Waals surface area contributed by atoms with Gasteiger partial charge >= 0.3 is 5.97 Å². The van der Waals surface area contributed by atoms with Gasteiger partial charge in [0.05, 0.1) is 13.7 Å². The number of methoxy groups -OCH3 is 1. The number of guanidine groups is 1. The summed E-state index contributed by atoms with van der Waals surface area (Å²) in [6.07, 6.45) is 1.08. The first kappa shape index (κ1) is 12.5. The Morgan fingerprint density at radius 2 is 2.44 bits per heavy atom. The Morgan fingerprint density at radius 1 is 1.61 bits per heavy atom. The second-order valence-electron chi connectivity index (χ2n) is 4.09. The van der Waals surface area contributed by atoms with E-state index in [-0.39, 0.29) is 5.76 Å². The van der Waals surface area contributed by atoms with E-state index in [2.05, 4.69) is 19.9 Å². The fourth-order valence-corrected chi connectivity index (χ4v) is 1.76. The number of nitrogens with one attached hydrogen (secondary N) is 1. The fraction of sp³-hybridized carbons (Fsp3) is 0.500. The van der Waals surface area contributed by atoms with E-state index in [0.29, 0.717) is 12.3 Å². The van der Waals surface area contributed by atoms with Gasteiger partial charge in [0.2, 0.25) is 5.76 Å². The quantitative estimate of drug-likeness (QED) is 0.807. The Morgan fingerprint density at radius 3 is 3.17 bits per heavy atom. The molecule has 2 rings (SSSR count). The summed E-state index contributed by atoms with van der Waals surface area (Å²) < 4.78 is 9.93. The maximum Gasteiger partial charge on any atom is 0.373 e. The number of aliphatic imine (C=N–C) groups is 1. The molecule has 0 atom stereocenters. The van der Waals surface area contributed by atoms with Crippen molar-refractivity contribution in [3.8, 4) is 0 Å². The van der Waals surface area contributed by atoms with Crippen LogP contribution in [0.25, 0.3) is 0 Å². The van der Waals surface area contributed by atoms with Gasteiger partial charge in [-0.1, -0.05) is 0 Å². The maximum atomic E-state index is 11.2. The minimum Gasteiger partial charge on any atom is -0.463 e. The summed E-state index contributed by atoms with van der Waals surface area (Å²) in [5.41, 5.74) is 0. The molecule has 0 spiro atoms. The van der Waals surface area contributed by atoms with Gasteiger partial charge in [-0.3, -0.25) is 4.99 Å². The maximum absolute atomic E-state index is 11.2. The van der Waals surface area contributed by atoms with Crippen LogP contribution in [0.2, 0.25) is 0 Å². The SMILES string of the molecule is COC(=O)c1ccc(CNC2=NCCCN2C)o1. The molecule has 0 unspecified atom stereocenters.